The van der Waals surface area contributed by atoms with Gasteiger partial charge >= 0.3 is 6.18 Å². The number of alkyl halides is 3. The number of aromatic nitrogens is 2. The fourth-order valence-electron chi connectivity index (χ4n) is 1.76. The fraction of sp³-hybridized carbons (Fsp3) is 0.364. The lowest BCUT2D eigenvalue weighted by Gasteiger charge is -2.10. The molecule has 0 saturated heterocycles. The maximum Gasteiger partial charge on any atom is 0.406 e. The number of para-hydroxylation sites is 1. The van der Waals surface area contributed by atoms with Crippen molar-refractivity contribution in [2.24, 2.45) is 0 Å². The summed E-state index contributed by atoms with van der Waals surface area (Å²) in [6, 6.07) is 4.80. The van der Waals surface area contributed by atoms with Gasteiger partial charge in [-0.15, -0.1) is 0 Å². The average Bonchev–Trinajstić information content (AvgIpc) is 2.56. The van der Waals surface area contributed by atoms with Crippen molar-refractivity contribution in [2.75, 3.05) is 12.3 Å². The highest BCUT2D eigenvalue weighted by atomic mass is 19.4. The van der Waals surface area contributed by atoms with Crippen molar-refractivity contribution < 1.29 is 17.9 Å². The number of anilines is 1. The second kappa shape index (κ2) is 4.40. The Morgan fingerprint density at radius 2 is 2.11 bits per heavy atom. The Balaban J connectivity index is 2.55. The van der Waals surface area contributed by atoms with E-state index >= 15 is 0 Å². The van der Waals surface area contributed by atoms with Crippen LogP contribution in [0.3, 0.4) is 0 Å². The molecule has 7 heteroatoms. The number of nitrogens with two attached hydrogens (primary N) is 1. The monoisotopic (exact) mass is 259 g/mol. The van der Waals surface area contributed by atoms with Crippen molar-refractivity contribution in [1.29, 1.82) is 0 Å². The molecule has 4 nitrogen and oxygen atoms in total. The van der Waals surface area contributed by atoms with Crippen LogP contribution < -0.4 is 10.5 Å². The van der Waals surface area contributed by atoms with Crippen LogP contribution in [0.1, 0.15) is 6.92 Å². The second-order valence-electron chi connectivity index (χ2n) is 3.73. The first-order valence-electron chi connectivity index (χ1n) is 5.36. The van der Waals surface area contributed by atoms with E-state index in [0.717, 1.165) is 4.57 Å². The second-order valence-corrected chi connectivity index (χ2v) is 3.73. The van der Waals surface area contributed by atoms with E-state index in [9.17, 15) is 13.2 Å². The van der Waals surface area contributed by atoms with E-state index in [1.54, 1.807) is 19.1 Å². The van der Waals surface area contributed by atoms with Gasteiger partial charge in [0.1, 0.15) is 17.8 Å². The predicted molar refractivity (Wildman–Crippen MR) is 61.4 cm³/mol. The Kier molecular flexibility index (Phi) is 3.06. The number of ether oxygens (including phenoxy) is 1. The van der Waals surface area contributed by atoms with Gasteiger partial charge in [-0.3, -0.25) is 0 Å². The van der Waals surface area contributed by atoms with Gasteiger partial charge in [0.15, 0.2) is 0 Å². The van der Waals surface area contributed by atoms with Crippen molar-refractivity contribution in [3.05, 3.63) is 18.2 Å². The van der Waals surface area contributed by atoms with Crippen molar-refractivity contribution in [2.45, 2.75) is 19.6 Å². The lowest BCUT2D eigenvalue weighted by Crippen LogP contribution is -2.19. The largest absolute Gasteiger partial charge is 0.492 e. The van der Waals surface area contributed by atoms with Crippen LogP contribution in [0.4, 0.5) is 19.1 Å². The van der Waals surface area contributed by atoms with Crippen LogP contribution in [0.25, 0.3) is 11.0 Å². The Morgan fingerprint density at radius 1 is 1.39 bits per heavy atom. The molecule has 0 saturated carbocycles. The maximum atomic E-state index is 12.4. The molecule has 0 fully saturated rings. The molecule has 0 aliphatic heterocycles. The summed E-state index contributed by atoms with van der Waals surface area (Å²) in [6.45, 7) is 1.03. The summed E-state index contributed by atoms with van der Waals surface area (Å²) in [7, 11) is 0. The van der Waals surface area contributed by atoms with Crippen molar-refractivity contribution in [1.82, 2.24) is 9.55 Å². The van der Waals surface area contributed by atoms with E-state index in [2.05, 4.69) is 4.98 Å². The number of benzene rings is 1. The number of halogens is 3. The minimum absolute atomic E-state index is 0.172. The highest BCUT2D eigenvalue weighted by Gasteiger charge is 2.30. The van der Waals surface area contributed by atoms with Gasteiger partial charge in [-0.25, -0.2) is 4.98 Å². The fourth-order valence-corrected chi connectivity index (χ4v) is 1.76. The Bertz CT molecular complexity index is 562. The van der Waals surface area contributed by atoms with Crippen LogP contribution >= 0.6 is 0 Å². The third-order valence-corrected chi connectivity index (χ3v) is 2.41. The summed E-state index contributed by atoms with van der Waals surface area (Å²) in [5.41, 5.74) is 6.19. The smallest absolute Gasteiger partial charge is 0.406 e. The molecule has 0 aliphatic carbocycles. The molecule has 1 aromatic heterocycles. The number of nitrogen functional groups attached to an aromatic ring is 1. The molecule has 0 bridgehead atoms. The molecular formula is C11H12F3N3O. The summed E-state index contributed by atoms with van der Waals surface area (Å²) >= 11 is 0. The van der Waals surface area contributed by atoms with E-state index < -0.39 is 12.7 Å². The van der Waals surface area contributed by atoms with E-state index in [1.807, 2.05) is 0 Å². The Morgan fingerprint density at radius 3 is 2.72 bits per heavy atom. The summed E-state index contributed by atoms with van der Waals surface area (Å²) in [4.78, 5) is 3.93. The minimum Gasteiger partial charge on any atom is -0.492 e. The summed E-state index contributed by atoms with van der Waals surface area (Å²) in [5, 5.41) is 0. The molecule has 0 aliphatic rings. The molecule has 1 aromatic carbocycles. The van der Waals surface area contributed by atoms with Gasteiger partial charge in [-0.05, 0) is 19.1 Å². The number of hydrogen-bond acceptors (Lipinski definition) is 3. The predicted octanol–water partition coefficient (Wildman–Crippen LogP) is 2.58. The Labute approximate surface area is 101 Å². The lowest BCUT2D eigenvalue weighted by atomic mass is 10.3. The molecule has 2 rings (SSSR count). The van der Waals surface area contributed by atoms with Gasteiger partial charge in [0, 0.05) is 0 Å². The molecule has 2 aromatic rings. The minimum atomic E-state index is -4.34. The molecule has 2 N–H and O–H groups in total. The summed E-state index contributed by atoms with van der Waals surface area (Å²) in [6.07, 6.45) is -4.34. The standard InChI is InChI=1S/C11H12F3N3O/c1-2-18-8-5-3-4-7-9(8)16-10(15)17(7)6-11(12,13)14/h3-5H,2,6H2,1H3,(H2,15,16). The number of imidazole rings is 1. The van der Waals surface area contributed by atoms with Crippen LogP contribution in [0.5, 0.6) is 5.75 Å². The average molecular weight is 259 g/mol. The first-order chi connectivity index (χ1) is 8.42. The molecule has 18 heavy (non-hydrogen) atoms. The zero-order valence-corrected chi connectivity index (χ0v) is 9.66. The van der Waals surface area contributed by atoms with E-state index in [-0.39, 0.29) is 5.95 Å². The molecule has 0 amide bonds. The molecular weight excluding hydrogens is 247 g/mol. The van der Waals surface area contributed by atoms with Gasteiger partial charge in [0.05, 0.1) is 12.1 Å². The van der Waals surface area contributed by atoms with Gasteiger partial charge in [0.25, 0.3) is 0 Å². The van der Waals surface area contributed by atoms with Gasteiger partial charge in [-0.1, -0.05) is 6.07 Å². The molecule has 0 unspecified atom stereocenters. The maximum absolute atomic E-state index is 12.4. The third-order valence-electron chi connectivity index (χ3n) is 2.41. The highest BCUT2D eigenvalue weighted by Crippen LogP contribution is 2.29. The zero-order valence-electron chi connectivity index (χ0n) is 9.66. The van der Waals surface area contributed by atoms with Crippen LogP contribution in [0, 0.1) is 0 Å². The summed E-state index contributed by atoms with van der Waals surface area (Å²) in [5.74, 6) is 0.261. The topological polar surface area (TPSA) is 53.1 Å². The van der Waals surface area contributed by atoms with Gasteiger partial charge in [0.2, 0.25) is 5.95 Å². The SMILES string of the molecule is CCOc1cccc2c1nc(N)n2CC(F)(F)F. The molecule has 0 radical (unpaired) electrons. The van der Waals surface area contributed by atoms with Crippen molar-refractivity contribution in [3.63, 3.8) is 0 Å². The molecule has 1 heterocycles. The number of hydrogen-bond donors (Lipinski definition) is 1. The quantitative estimate of drug-likeness (QED) is 0.921. The Hall–Kier alpha value is -1.92. The number of rotatable bonds is 3. The number of nitrogens with zero attached hydrogens (tertiary/aromatic N) is 2. The number of fused-ring (bicyclic) bond motifs is 1. The van der Waals surface area contributed by atoms with Crippen LogP contribution in [-0.4, -0.2) is 22.3 Å². The van der Waals surface area contributed by atoms with Gasteiger partial charge in [-0.2, -0.15) is 13.2 Å². The third kappa shape index (κ3) is 2.34. The zero-order chi connectivity index (χ0) is 13.3. The van der Waals surface area contributed by atoms with Crippen molar-refractivity contribution in [3.8, 4) is 5.75 Å². The normalized spacial score (nSPS) is 12.0. The van der Waals surface area contributed by atoms with Crippen LogP contribution in [0.15, 0.2) is 18.2 Å². The van der Waals surface area contributed by atoms with E-state index in [4.69, 9.17) is 10.5 Å². The van der Waals surface area contributed by atoms with E-state index in [1.165, 1.54) is 6.07 Å². The van der Waals surface area contributed by atoms with Gasteiger partial charge < -0.3 is 15.0 Å². The lowest BCUT2D eigenvalue weighted by molar-refractivity contribution is -0.139. The van der Waals surface area contributed by atoms with Crippen LogP contribution in [-0.2, 0) is 6.54 Å². The first-order valence-corrected chi connectivity index (χ1v) is 5.36. The van der Waals surface area contributed by atoms with Crippen LogP contribution in [0.2, 0.25) is 0 Å². The van der Waals surface area contributed by atoms with E-state index in [0.29, 0.717) is 23.4 Å². The molecule has 98 valence electrons. The summed E-state index contributed by atoms with van der Waals surface area (Å²) < 4.78 is 43.6. The molecule has 0 atom stereocenters. The highest BCUT2D eigenvalue weighted by molar-refractivity contribution is 5.84. The first kappa shape index (κ1) is 12.5. The van der Waals surface area contributed by atoms with Crippen molar-refractivity contribution >= 4 is 17.0 Å². The molecule has 0 spiro atoms.